The van der Waals surface area contributed by atoms with E-state index in [9.17, 15) is 18.3 Å². The molecule has 1 atom stereocenters. The predicted octanol–water partition coefficient (Wildman–Crippen LogP) is 4.45. The average Bonchev–Trinajstić information content (AvgIpc) is 2.38. The summed E-state index contributed by atoms with van der Waals surface area (Å²) >= 11 is 3.21. The molecule has 2 aromatic carbocycles. The molecule has 0 amide bonds. The van der Waals surface area contributed by atoms with Crippen LogP contribution in [0.5, 0.6) is 0 Å². The van der Waals surface area contributed by atoms with Crippen molar-refractivity contribution in [1.29, 1.82) is 0 Å². The van der Waals surface area contributed by atoms with Crippen LogP contribution in [0.25, 0.3) is 0 Å². The van der Waals surface area contributed by atoms with Gasteiger partial charge in [0.2, 0.25) is 0 Å². The molecule has 0 aliphatic heterocycles. The summed E-state index contributed by atoms with van der Waals surface area (Å²) in [4.78, 5) is 0. The highest BCUT2D eigenvalue weighted by atomic mass is 79.9. The maximum absolute atomic E-state index is 13.7. The van der Waals surface area contributed by atoms with Gasteiger partial charge in [-0.15, -0.1) is 0 Å². The molecule has 1 unspecified atom stereocenters. The Kier molecular flexibility index (Phi) is 4.50. The van der Waals surface area contributed by atoms with Crippen LogP contribution in [-0.2, 0) is 6.42 Å². The third-order valence-electron chi connectivity index (χ3n) is 3.06. The summed E-state index contributed by atoms with van der Waals surface area (Å²) in [7, 11) is 0. The van der Waals surface area contributed by atoms with Crippen molar-refractivity contribution >= 4 is 15.9 Å². The monoisotopic (exact) mass is 344 g/mol. The van der Waals surface area contributed by atoms with Crippen molar-refractivity contribution in [3.8, 4) is 0 Å². The Morgan fingerprint density at radius 3 is 2.45 bits per heavy atom. The summed E-state index contributed by atoms with van der Waals surface area (Å²) in [6.07, 6.45) is -1.33. The summed E-state index contributed by atoms with van der Waals surface area (Å²) in [6, 6.07) is 6.29. The molecular weight excluding hydrogens is 333 g/mol. The van der Waals surface area contributed by atoms with Crippen molar-refractivity contribution in [1.82, 2.24) is 0 Å². The Labute approximate surface area is 123 Å². The lowest BCUT2D eigenvalue weighted by Crippen LogP contribution is -2.07. The number of benzene rings is 2. The smallest absolute Gasteiger partial charge is 0.131 e. The SMILES string of the molecule is Cc1cc(C(O)Cc2cc(Br)ccc2F)c(F)cc1F. The van der Waals surface area contributed by atoms with Crippen molar-refractivity contribution in [2.24, 2.45) is 0 Å². The number of halogens is 4. The number of hydrogen-bond donors (Lipinski definition) is 1. The molecule has 5 heteroatoms. The van der Waals surface area contributed by atoms with Crippen LogP contribution >= 0.6 is 15.9 Å². The Balaban J connectivity index is 2.30. The van der Waals surface area contributed by atoms with Gasteiger partial charge in [0.1, 0.15) is 17.5 Å². The zero-order chi connectivity index (χ0) is 14.9. The van der Waals surface area contributed by atoms with Crippen LogP contribution in [0.15, 0.2) is 34.8 Å². The zero-order valence-electron chi connectivity index (χ0n) is 10.6. The Morgan fingerprint density at radius 2 is 1.75 bits per heavy atom. The minimum absolute atomic E-state index is 0.0386. The molecule has 1 nitrogen and oxygen atoms in total. The first-order chi connectivity index (χ1) is 9.38. The average molecular weight is 345 g/mol. The Bertz CT molecular complexity index is 643. The lowest BCUT2D eigenvalue weighted by Gasteiger charge is -2.14. The van der Waals surface area contributed by atoms with E-state index in [0.29, 0.717) is 4.47 Å². The fourth-order valence-corrected chi connectivity index (χ4v) is 2.36. The number of aryl methyl sites for hydroxylation is 1. The molecule has 20 heavy (non-hydrogen) atoms. The van der Waals surface area contributed by atoms with E-state index in [0.717, 1.165) is 6.07 Å². The Hall–Kier alpha value is -1.33. The van der Waals surface area contributed by atoms with Crippen molar-refractivity contribution in [2.75, 3.05) is 0 Å². The summed E-state index contributed by atoms with van der Waals surface area (Å²) in [6.45, 7) is 1.48. The highest BCUT2D eigenvalue weighted by Crippen LogP contribution is 2.26. The van der Waals surface area contributed by atoms with E-state index in [4.69, 9.17) is 0 Å². The van der Waals surface area contributed by atoms with E-state index in [-0.39, 0.29) is 23.1 Å². The fourth-order valence-electron chi connectivity index (χ4n) is 1.95. The van der Waals surface area contributed by atoms with Gasteiger partial charge in [0.05, 0.1) is 6.10 Å². The van der Waals surface area contributed by atoms with Gasteiger partial charge in [0, 0.05) is 22.5 Å². The minimum Gasteiger partial charge on any atom is -0.388 e. The van der Waals surface area contributed by atoms with E-state index in [1.54, 1.807) is 0 Å². The molecule has 0 fully saturated rings. The van der Waals surface area contributed by atoms with E-state index < -0.39 is 23.6 Å². The van der Waals surface area contributed by atoms with Crippen LogP contribution in [0.2, 0.25) is 0 Å². The summed E-state index contributed by atoms with van der Waals surface area (Å²) in [5, 5.41) is 10.0. The van der Waals surface area contributed by atoms with Crippen molar-refractivity contribution in [3.05, 3.63) is 68.9 Å². The van der Waals surface area contributed by atoms with Gasteiger partial charge < -0.3 is 5.11 Å². The maximum Gasteiger partial charge on any atom is 0.131 e. The number of rotatable bonds is 3. The standard InChI is InChI=1S/C15H12BrF3O/c1-8-4-11(14(19)7-13(8)18)15(20)6-9-5-10(16)2-3-12(9)17/h2-5,7,15,20H,6H2,1H3. The summed E-state index contributed by atoms with van der Waals surface area (Å²) in [5.74, 6) is -1.99. The van der Waals surface area contributed by atoms with Gasteiger partial charge in [-0.25, -0.2) is 13.2 Å². The first kappa shape index (κ1) is 15.1. The largest absolute Gasteiger partial charge is 0.388 e. The van der Waals surface area contributed by atoms with Gasteiger partial charge in [0.15, 0.2) is 0 Å². The molecule has 1 N–H and O–H groups in total. The van der Waals surface area contributed by atoms with E-state index >= 15 is 0 Å². The topological polar surface area (TPSA) is 20.2 Å². The molecule has 0 heterocycles. The van der Waals surface area contributed by atoms with Crippen LogP contribution in [0, 0.1) is 24.4 Å². The minimum atomic E-state index is -1.24. The second kappa shape index (κ2) is 5.97. The van der Waals surface area contributed by atoms with Crippen molar-refractivity contribution in [3.63, 3.8) is 0 Å². The molecule has 0 bridgehead atoms. The number of aliphatic hydroxyl groups excluding tert-OH is 1. The van der Waals surface area contributed by atoms with Gasteiger partial charge in [0.25, 0.3) is 0 Å². The van der Waals surface area contributed by atoms with Crippen LogP contribution < -0.4 is 0 Å². The summed E-state index contributed by atoms with van der Waals surface area (Å²) < 4.78 is 41.1. The molecule has 0 saturated heterocycles. The molecule has 0 saturated carbocycles. The molecule has 106 valence electrons. The van der Waals surface area contributed by atoms with Gasteiger partial charge in [-0.1, -0.05) is 15.9 Å². The Morgan fingerprint density at radius 1 is 1.05 bits per heavy atom. The van der Waals surface area contributed by atoms with Crippen LogP contribution in [0.1, 0.15) is 22.8 Å². The van der Waals surface area contributed by atoms with Crippen molar-refractivity contribution in [2.45, 2.75) is 19.4 Å². The predicted molar refractivity (Wildman–Crippen MR) is 73.9 cm³/mol. The molecule has 0 spiro atoms. The van der Waals surface area contributed by atoms with Gasteiger partial charge in [-0.3, -0.25) is 0 Å². The normalized spacial score (nSPS) is 12.5. The third kappa shape index (κ3) is 3.22. The van der Waals surface area contributed by atoms with E-state index in [2.05, 4.69) is 15.9 Å². The lowest BCUT2D eigenvalue weighted by atomic mass is 9.99. The highest BCUT2D eigenvalue weighted by Gasteiger charge is 2.17. The molecule has 0 aliphatic rings. The number of hydrogen-bond acceptors (Lipinski definition) is 1. The first-order valence-corrected chi connectivity index (χ1v) is 6.75. The zero-order valence-corrected chi connectivity index (χ0v) is 12.2. The van der Waals surface area contributed by atoms with E-state index in [1.165, 1.54) is 31.2 Å². The quantitative estimate of drug-likeness (QED) is 0.871. The van der Waals surface area contributed by atoms with Gasteiger partial charge in [-0.05, 0) is 42.3 Å². The van der Waals surface area contributed by atoms with Crippen LogP contribution in [0.3, 0.4) is 0 Å². The molecule has 0 radical (unpaired) electrons. The fraction of sp³-hybridized carbons (Fsp3) is 0.200. The van der Waals surface area contributed by atoms with Crippen LogP contribution in [0.4, 0.5) is 13.2 Å². The second-order valence-corrected chi connectivity index (χ2v) is 5.49. The van der Waals surface area contributed by atoms with Crippen LogP contribution in [-0.4, -0.2) is 5.11 Å². The molecule has 0 aromatic heterocycles. The van der Waals surface area contributed by atoms with E-state index in [1.807, 2.05) is 0 Å². The first-order valence-electron chi connectivity index (χ1n) is 5.96. The highest BCUT2D eigenvalue weighted by molar-refractivity contribution is 9.10. The lowest BCUT2D eigenvalue weighted by molar-refractivity contribution is 0.172. The molecular formula is C15H12BrF3O. The second-order valence-electron chi connectivity index (χ2n) is 4.58. The molecule has 2 rings (SSSR count). The summed E-state index contributed by atoms with van der Waals surface area (Å²) in [5.41, 5.74) is 0.451. The number of aliphatic hydroxyl groups is 1. The third-order valence-corrected chi connectivity index (χ3v) is 3.55. The molecule has 2 aromatic rings. The van der Waals surface area contributed by atoms with Gasteiger partial charge in [-0.2, -0.15) is 0 Å². The van der Waals surface area contributed by atoms with Gasteiger partial charge >= 0.3 is 0 Å². The maximum atomic E-state index is 13.7. The van der Waals surface area contributed by atoms with Crippen molar-refractivity contribution < 1.29 is 18.3 Å². The molecule has 0 aliphatic carbocycles.